The van der Waals surface area contributed by atoms with Crippen LogP contribution in [0, 0.1) is 5.92 Å². The maximum Gasteiger partial charge on any atom is 0.279 e. The topological polar surface area (TPSA) is 76.9 Å². The number of amides is 1. The number of hydrogen-bond acceptors (Lipinski definition) is 5. The first-order valence-corrected chi connectivity index (χ1v) is 9.06. The van der Waals surface area contributed by atoms with Gasteiger partial charge in [0.25, 0.3) is 5.56 Å². The first-order valence-electron chi connectivity index (χ1n) is 8.25. The van der Waals surface area contributed by atoms with Crippen LogP contribution in [-0.4, -0.2) is 27.4 Å². The summed E-state index contributed by atoms with van der Waals surface area (Å²) in [7, 11) is 0. The summed E-state index contributed by atoms with van der Waals surface area (Å²) in [5.41, 5.74) is 0.941. The minimum absolute atomic E-state index is 0.0630. The van der Waals surface area contributed by atoms with E-state index < -0.39 is 0 Å². The van der Waals surface area contributed by atoms with E-state index in [0.29, 0.717) is 22.7 Å². The van der Waals surface area contributed by atoms with Crippen molar-refractivity contribution in [1.82, 2.24) is 20.3 Å². The molecule has 6 nitrogen and oxygen atoms in total. The van der Waals surface area contributed by atoms with E-state index in [-0.39, 0.29) is 18.0 Å². The van der Waals surface area contributed by atoms with Gasteiger partial charge in [-0.05, 0) is 37.2 Å². The van der Waals surface area contributed by atoms with Crippen molar-refractivity contribution in [2.24, 2.45) is 5.92 Å². The Labute approximate surface area is 138 Å². The lowest BCUT2D eigenvalue weighted by atomic mass is 9.89. The molecule has 1 aliphatic carbocycles. The van der Waals surface area contributed by atoms with E-state index in [4.69, 9.17) is 0 Å². The first-order chi connectivity index (χ1) is 11.1. The SMILES string of the molecule is CCCCNC(=O)Cn1nnc2sc3c(c2c1=O)CC[C@@H](C)C3. The Bertz CT molecular complexity index is 780. The van der Waals surface area contributed by atoms with E-state index in [1.165, 1.54) is 9.56 Å². The van der Waals surface area contributed by atoms with E-state index in [1.54, 1.807) is 11.3 Å². The minimum atomic E-state index is -0.188. The molecule has 0 bridgehead atoms. The number of nitrogens with zero attached hydrogens (tertiary/aromatic N) is 3. The fourth-order valence-corrected chi connectivity index (χ4v) is 4.31. The van der Waals surface area contributed by atoms with Crippen molar-refractivity contribution in [3.63, 3.8) is 0 Å². The maximum absolute atomic E-state index is 12.7. The Morgan fingerprint density at radius 2 is 2.30 bits per heavy atom. The van der Waals surface area contributed by atoms with Crippen LogP contribution in [0.2, 0.25) is 0 Å². The van der Waals surface area contributed by atoms with Crippen LogP contribution < -0.4 is 10.9 Å². The van der Waals surface area contributed by atoms with Crippen molar-refractivity contribution in [3.05, 3.63) is 20.8 Å². The van der Waals surface area contributed by atoms with Crippen LogP contribution in [0.25, 0.3) is 10.2 Å². The van der Waals surface area contributed by atoms with Crippen LogP contribution in [0.5, 0.6) is 0 Å². The van der Waals surface area contributed by atoms with Crippen molar-refractivity contribution >= 4 is 27.5 Å². The lowest BCUT2D eigenvalue weighted by Crippen LogP contribution is -2.34. The van der Waals surface area contributed by atoms with Crippen molar-refractivity contribution in [2.45, 2.75) is 52.5 Å². The molecular weight excluding hydrogens is 312 g/mol. The van der Waals surface area contributed by atoms with Gasteiger partial charge in [-0.1, -0.05) is 25.5 Å². The molecule has 1 aliphatic rings. The number of fused-ring (bicyclic) bond motifs is 3. The summed E-state index contributed by atoms with van der Waals surface area (Å²) in [5.74, 6) is 0.460. The highest BCUT2D eigenvalue weighted by Crippen LogP contribution is 2.35. The highest BCUT2D eigenvalue weighted by molar-refractivity contribution is 7.18. The fourth-order valence-electron chi connectivity index (χ4n) is 2.99. The smallest absolute Gasteiger partial charge is 0.279 e. The summed E-state index contributed by atoms with van der Waals surface area (Å²) in [6.07, 6.45) is 4.97. The zero-order valence-electron chi connectivity index (χ0n) is 13.6. The lowest BCUT2D eigenvalue weighted by molar-refractivity contribution is -0.121. The van der Waals surface area contributed by atoms with Crippen molar-refractivity contribution < 1.29 is 4.79 Å². The van der Waals surface area contributed by atoms with Gasteiger partial charge >= 0.3 is 0 Å². The number of rotatable bonds is 5. The predicted molar refractivity (Wildman–Crippen MR) is 90.8 cm³/mol. The van der Waals surface area contributed by atoms with E-state index >= 15 is 0 Å². The fraction of sp³-hybridized carbons (Fsp3) is 0.625. The van der Waals surface area contributed by atoms with E-state index in [2.05, 4.69) is 29.5 Å². The van der Waals surface area contributed by atoms with Crippen molar-refractivity contribution in [1.29, 1.82) is 0 Å². The maximum atomic E-state index is 12.7. The van der Waals surface area contributed by atoms with E-state index in [1.807, 2.05) is 0 Å². The van der Waals surface area contributed by atoms with Crippen molar-refractivity contribution in [3.8, 4) is 0 Å². The Morgan fingerprint density at radius 3 is 3.09 bits per heavy atom. The molecule has 0 aromatic carbocycles. The number of thiophene rings is 1. The third-order valence-electron chi connectivity index (χ3n) is 4.33. The molecule has 124 valence electrons. The number of hydrogen-bond donors (Lipinski definition) is 1. The molecule has 0 radical (unpaired) electrons. The van der Waals surface area contributed by atoms with Gasteiger partial charge in [0.1, 0.15) is 6.54 Å². The molecule has 0 saturated carbocycles. The molecule has 2 heterocycles. The summed E-state index contributed by atoms with van der Waals surface area (Å²) in [6, 6.07) is 0. The third-order valence-corrected chi connectivity index (χ3v) is 5.47. The number of carbonyl (C=O) groups is 1. The molecule has 0 saturated heterocycles. The second-order valence-corrected chi connectivity index (χ2v) is 7.37. The van der Waals surface area contributed by atoms with Gasteiger partial charge < -0.3 is 5.32 Å². The number of nitrogens with one attached hydrogen (secondary N) is 1. The number of carbonyl (C=O) groups excluding carboxylic acids is 1. The quantitative estimate of drug-likeness (QED) is 0.847. The first kappa shape index (κ1) is 16.1. The second kappa shape index (κ2) is 6.78. The van der Waals surface area contributed by atoms with Crippen LogP contribution in [0.4, 0.5) is 0 Å². The molecule has 0 spiro atoms. The normalized spacial score (nSPS) is 17.2. The zero-order valence-corrected chi connectivity index (χ0v) is 14.4. The Kier molecular flexibility index (Phi) is 4.75. The number of unbranched alkanes of at least 4 members (excludes halogenated alkanes) is 1. The highest BCUT2D eigenvalue weighted by atomic mass is 32.1. The van der Waals surface area contributed by atoms with Gasteiger partial charge in [0, 0.05) is 11.4 Å². The highest BCUT2D eigenvalue weighted by Gasteiger charge is 2.23. The second-order valence-electron chi connectivity index (χ2n) is 6.29. The van der Waals surface area contributed by atoms with Crippen molar-refractivity contribution in [2.75, 3.05) is 6.54 Å². The predicted octanol–water partition coefficient (Wildman–Crippen LogP) is 1.89. The molecule has 1 N–H and O–H groups in total. The largest absolute Gasteiger partial charge is 0.354 e. The lowest BCUT2D eigenvalue weighted by Gasteiger charge is -2.17. The minimum Gasteiger partial charge on any atom is -0.354 e. The molecule has 1 amide bonds. The standard InChI is InChI=1S/C16H22N4O2S/c1-3-4-7-17-13(21)9-20-16(22)14-11-6-5-10(2)8-12(11)23-15(14)18-19-20/h10H,3-9H2,1-2H3,(H,17,21)/t10-/m1/s1. The molecule has 2 aromatic rings. The average molecular weight is 334 g/mol. The summed E-state index contributed by atoms with van der Waals surface area (Å²) in [4.78, 5) is 26.6. The zero-order chi connectivity index (χ0) is 16.4. The van der Waals surface area contributed by atoms with Gasteiger partial charge in [0.15, 0.2) is 4.83 Å². The Balaban J connectivity index is 1.87. The Hall–Kier alpha value is -1.76. The van der Waals surface area contributed by atoms with Crippen LogP contribution in [-0.2, 0) is 24.2 Å². The summed E-state index contributed by atoms with van der Waals surface area (Å²) in [6.45, 7) is 4.87. The summed E-state index contributed by atoms with van der Waals surface area (Å²) < 4.78 is 1.19. The van der Waals surface area contributed by atoms with E-state index in [0.717, 1.165) is 37.7 Å². The molecule has 3 rings (SSSR count). The van der Waals surface area contributed by atoms with Crippen LogP contribution in [0.3, 0.4) is 0 Å². The van der Waals surface area contributed by atoms with Gasteiger partial charge in [-0.2, -0.15) is 0 Å². The summed E-state index contributed by atoms with van der Waals surface area (Å²) in [5, 5.41) is 11.6. The molecule has 23 heavy (non-hydrogen) atoms. The molecule has 0 aliphatic heterocycles. The average Bonchev–Trinajstić information content (AvgIpc) is 2.88. The van der Waals surface area contributed by atoms with Crippen LogP contribution >= 0.6 is 11.3 Å². The molecule has 2 aromatic heterocycles. The summed E-state index contributed by atoms with van der Waals surface area (Å²) >= 11 is 1.57. The molecule has 7 heteroatoms. The number of aromatic nitrogens is 3. The monoisotopic (exact) mass is 334 g/mol. The molecule has 0 unspecified atom stereocenters. The van der Waals surface area contributed by atoms with Crippen LogP contribution in [0.1, 0.15) is 43.6 Å². The molecule has 1 atom stereocenters. The molecule has 0 fully saturated rings. The van der Waals surface area contributed by atoms with Gasteiger partial charge in [0.05, 0.1) is 5.39 Å². The van der Waals surface area contributed by atoms with Gasteiger partial charge in [-0.25, -0.2) is 4.68 Å². The van der Waals surface area contributed by atoms with Gasteiger partial charge in [0.2, 0.25) is 5.91 Å². The van der Waals surface area contributed by atoms with E-state index in [9.17, 15) is 9.59 Å². The van der Waals surface area contributed by atoms with Gasteiger partial charge in [-0.3, -0.25) is 9.59 Å². The third kappa shape index (κ3) is 3.29. The van der Waals surface area contributed by atoms with Gasteiger partial charge in [-0.15, -0.1) is 16.4 Å². The number of aryl methyl sites for hydroxylation is 1. The molecular formula is C16H22N4O2S. The Morgan fingerprint density at radius 1 is 1.48 bits per heavy atom. The van der Waals surface area contributed by atoms with Crippen LogP contribution in [0.15, 0.2) is 4.79 Å².